The van der Waals surface area contributed by atoms with Gasteiger partial charge in [-0.1, -0.05) is 38.3 Å². The summed E-state index contributed by atoms with van der Waals surface area (Å²) in [6, 6.07) is 12.7. The van der Waals surface area contributed by atoms with Gasteiger partial charge in [-0.2, -0.15) is 0 Å². The number of benzene rings is 2. The first-order valence-corrected chi connectivity index (χ1v) is 9.39. The minimum atomic E-state index is 0.808. The van der Waals surface area contributed by atoms with E-state index in [1.807, 2.05) is 12.1 Å². The van der Waals surface area contributed by atoms with Crippen LogP contribution in [0.5, 0.6) is 0 Å². The van der Waals surface area contributed by atoms with Crippen molar-refractivity contribution in [2.45, 2.75) is 59.4 Å². The van der Waals surface area contributed by atoms with Crippen LogP contribution < -0.4 is 5.73 Å². The number of fused-ring (bicyclic) bond motifs is 1. The molecule has 0 saturated carbocycles. The molecule has 2 aromatic carbocycles. The minimum Gasteiger partial charge on any atom is -0.399 e. The molecule has 3 rings (SSSR count). The maximum absolute atomic E-state index is 5.82. The lowest BCUT2D eigenvalue weighted by Gasteiger charge is -2.10. The summed E-state index contributed by atoms with van der Waals surface area (Å²) >= 11 is 0. The normalized spacial score (nSPS) is 11.3. The SMILES string of the molecule is CCCCCCn1c(Cc2ccc(N)cc2)nc2cc(C)c(C)cc21. The fourth-order valence-corrected chi connectivity index (χ4v) is 3.33. The average molecular weight is 335 g/mol. The summed E-state index contributed by atoms with van der Waals surface area (Å²) in [4.78, 5) is 4.96. The van der Waals surface area contributed by atoms with Crippen LogP contribution in [0.15, 0.2) is 36.4 Å². The quantitative estimate of drug-likeness (QED) is 0.463. The fourth-order valence-electron chi connectivity index (χ4n) is 3.33. The molecule has 0 aliphatic carbocycles. The number of nitrogen functional groups attached to an aromatic ring is 1. The van der Waals surface area contributed by atoms with E-state index in [4.69, 9.17) is 10.7 Å². The second-order valence-electron chi connectivity index (χ2n) is 7.08. The Morgan fingerprint density at radius 3 is 2.40 bits per heavy atom. The van der Waals surface area contributed by atoms with E-state index in [1.165, 1.54) is 47.9 Å². The molecule has 0 aliphatic rings. The number of unbranched alkanes of at least 4 members (excludes halogenated alkanes) is 3. The van der Waals surface area contributed by atoms with Gasteiger partial charge in [0.25, 0.3) is 0 Å². The second kappa shape index (κ2) is 7.73. The topological polar surface area (TPSA) is 43.8 Å². The third-order valence-corrected chi connectivity index (χ3v) is 5.02. The predicted octanol–water partition coefficient (Wildman–Crippen LogP) is 5.41. The summed E-state index contributed by atoms with van der Waals surface area (Å²) < 4.78 is 2.42. The van der Waals surface area contributed by atoms with Crippen molar-refractivity contribution < 1.29 is 0 Å². The molecule has 3 nitrogen and oxygen atoms in total. The molecule has 3 aromatic rings. The maximum atomic E-state index is 5.82. The number of aromatic nitrogens is 2. The zero-order valence-corrected chi connectivity index (χ0v) is 15.7. The Bertz CT molecular complexity index is 844. The molecule has 0 unspecified atom stereocenters. The van der Waals surface area contributed by atoms with E-state index >= 15 is 0 Å². The molecular weight excluding hydrogens is 306 g/mol. The molecule has 0 fully saturated rings. The average Bonchev–Trinajstić information content (AvgIpc) is 2.91. The van der Waals surface area contributed by atoms with Gasteiger partial charge in [-0.05, 0) is 61.2 Å². The highest BCUT2D eigenvalue weighted by Gasteiger charge is 2.12. The van der Waals surface area contributed by atoms with E-state index in [1.54, 1.807) is 0 Å². The highest BCUT2D eigenvalue weighted by Crippen LogP contribution is 2.23. The molecular formula is C22H29N3. The van der Waals surface area contributed by atoms with Gasteiger partial charge in [0.15, 0.2) is 0 Å². The molecule has 3 heteroatoms. The summed E-state index contributed by atoms with van der Waals surface area (Å²) in [5.41, 5.74) is 12.9. The molecule has 0 bridgehead atoms. The molecule has 0 amide bonds. The molecule has 0 saturated heterocycles. The van der Waals surface area contributed by atoms with Crippen LogP contribution >= 0.6 is 0 Å². The third-order valence-electron chi connectivity index (χ3n) is 5.02. The zero-order chi connectivity index (χ0) is 17.8. The maximum Gasteiger partial charge on any atom is 0.114 e. The van der Waals surface area contributed by atoms with Gasteiger partial charge >= 0.3 is 0 Å². The minimum absolute atomic E-state index is 0.808. The van der Waals surface area contributed by atoms with E-state index in [2.05, 4.69) is 49.6 Å². The lowest BCUT2D eigenvalue weighted by atomic mass is 10.1. The van der Waals surface area contributed by atoms with Gasteiger partial charge in [0.2, 0.25) is 0 Å². The largest absolute Gasteiger partial charge is 0.399 e. The van der Waals surface area contributed by atoms with Gasteiger partial charge in [0.1, 0.15) is 5.82 Å². The van der Waals surface area contributed by atoms with Crippen LogP contribution in [0.1, 0.15) is 55.1 Å². The number of aryl methyl sites for hydroxylation is 3. The Hall–Kier alpha value is -2.29. The predicted molar refractivity (Wildman–Crippen MR) is 107 cm³/mol. The van der Waals surface area contributed by atoms with Gasteiger partial charge in [0.05, 0.1) is 11.0 Å². The lowest BCUT2D eigenvalue weighted by Crippen LogP contribution is -2.05. The molecule has 0 atom stereocenters. The third kappa shape index (κ3) is 4.04. The monoisotopic (exact) mass is 335 g/mol. The smallest absolute Gasteiger partial charge is 0.114 e. The number of nitrogens with two attached hydrogens (primary N) is 1. The van der Waals surface area contributed by atoms with Gasteiger partial charge in [-0.25, -0.2) is 4.98 Å². The Morgan fingerprint density at radius 1 is 0.960 bits per heavy atom. The first kappa shape index (κ1) is 17.5. The van der Waals surface area contributed by atoms with Gasteiger partial charge < -0.3 is 10.3 Å². The van der Waals surface area contributed by atoms with Crippen molar-refractivity contribution in [1.82, 2.24) is 9.55 Å². The molecule has 0 spiro atoms. The van der Waals surface area contributed by atoms with E-state index < -0.39 is 0 Å². The van der Waals surface area contributed by atoms with Crippen LogP contribution in [-0.4, -0.2) is 9.55 Å². The van der Waals surface area contributed by atoms with Crippen LogP contribution in [0.25, 0.3) is 11.0 Å². The molecule has 1 heterocycles. The van der Waals surface area contributed by atoms with Crippen LogP contribution in [0.4, 0.5) is 5.69 Å². The van der Waals surface area contributed by atoms with Crippen molar-refractivity contribution in [3.8, 4) is 0 Å². The highest BCUT2D eigenvalue weighted by atomic mass is 15.1. The van der Waals surface area contributed by atoms with Crippen LogP contribution in [0.2, 0.25) is 0 Å². The van der Waals surface area contributed by atoms with Crippen LogP contribution in [0.3, 0.4) is 0 Å². The van der Waals surface area contributed by atoms with Gasteiger partial charge in [-0.3, -0.25) is 0 Å². The molecule has 1 aromatic heterocycles. The number of nitrogens with zero attached hydrogens (tertiary/aromatic N) is 2. The Labute approximate surface area is 150 Å². The Kier molecular flexibility index (Phi) is 5.42. The van der Waals surface area contributed by atoms with Crippen molar-refractivity contribution in [1.29, 1.82) is 0 Å². The van der Waals surface area contributed by atoms with E-state index in [9.17, 15) is 0 Å². The number of hydrogen-bond donors (Lipinski definition) is 1. The van der Waals surface area contributed by atoms with E-state index in [-0.39, 0.29) is 0 Å². The summed E-state index contributed by atoms with van der Waals surface area (Å²) in [5.74, 6) is 1.15. The number of hydrogen-bond acceptors (Lipinski definition) is 2. The van der Waals surface area contributed by atoms with Crippen LogP contribution in [0, 0.1) is 13.8 Å². The van der Waals surface area contributed by atoms with E-state index in [0.717, 1.165) is 30.0 Å². The fraction of sp³-hybridized carbons (Fsp3) is 0.409. The number of rotatable bonds is 7. The number of imidazole rings is 1. The van der Waals surface area contributed by atoms with Gasteiger partial charge in [0, 0.05) is 18.7 Å². The van der Waals surface area contributed by atoms with Crippen molar-refractivity contribution in [2.24, 2.45) is 0 Å². The summed E-state index contributed by atoms with van der Waals surface area (Å²) in [6.45, 7) is 7.64. The highest BCUT2D eigenvalue weighted by molar-refractivity contribution is 5.78. The first-order valence-electron chi connectivity index (χ1n) is 9.39. The summed E-state index contributed by atoms with van der Waals surface area (Å²) in [7, 11) is 0. The van der Waals surface area contributed by atoms with Crippen molar-refractivity contribution in [2.75, 3.05) is 5.73 Å². The van der Waals surface area contributed by atoms with Crippen molar-refractivity contribution >= 4 is 16.7 Å². The Morgan fingerprint density at radius 2 is 1.68 bits per heavy atom. The molecule has 0 radical (unpaired) electrons. The summed E-state index contributed by atoms with van der Waals surface area (Å²) in [5, 5.41) is 0. The van der Waals surface area contributed by atoms with Crippen LogP contribution in [-0.2, 0) is 13.0 Å². The zero-order valence-electron chi connectivity index (χ0n) is 15.7. The lowest BCUT2D eigenvalue weighted by molar-refractivity contribution is 0.578. The number of anilines is 1. The van der Waals surface area contributed by atoms with E-state index in [0.29, 0.717) is 0 Å². The van der Waals surface area contributed by atoms with Gasteiger partial charge in [-0.15, -0.1) is 0 Å². The second-order valence-corrected chi connectivity index (χ2v) is 7.08. The first-order chi connectivity index (χ1) is 12.1. The van der Waals surface area contributed by atoms with Crippen molar-refractivity contribution in [3.63, 3.8) is 0 Å². The molecule has 0 aliphatic heterocycles. The molecule has 2 N–H and O–H groups in total. The molecule has 132 valence electrons. The Balaban J connectivity index is 1.95. The summed E-state index contributed by atoms with van der Waals surface area (Å²) in [6.07, 6.45) is 5.91. The standard InChI is InChI=1S/C22H29N3/c1-4-5-6-7-12-25-21-14-17(3)16(2)13-20(21)24-22(25)15-18-8-10-19(23)11-9-18/h8-11,13-14H,4-7,12,15,23H2,1-3H3. The van der Waals surface area contributed by atoms with Crippen molar-refractivity contribution in [3.05, 3.63) is 58.9 Å². The molecule has 25 heavy (non-hydrogen) atoms.